The van der Waals surface area contributed by atoms with E-state index in [2.05, 4.69) is 21.2 Å². The van der Waals surface area contributed by atoms with Crippen molar-refractivity contribution in [3.05, 3.63) is 76.0 Å². The standard InChI is InChI=1S/C21H19BrFNO4/c1-14(25)19(11-15-5-3-2-4-6-15)24-20(26)13-28-21(27)10-7-16-12-17(22)8-9-18(16)23/h2-10,12,19H,11,13H2,1H3,(H,24,26)/b10-7+. The lowest BCUT2D eigenvalue weighted by Crippen LogP contribution is -2.43. The maximum Gasteiger partial charge on any atom is 0.331 e. The second kappa shape index (κ2) is 10.5. The van der Waals surface area contributed by atoms with E-state index in [1.54, 1.807) is 0 Å². The molecule has 0 heterocycles. The summed E-state index contributed by atoms with van der Waals surface area (Å²) in [4.78, 5) is 35.5. The van der Waals surface area contributed by atoms with E-state index in [1.807, 2.05) is 30.3 Å². The highest BCUT2D eigenvalue weighted by molar-refractivity contribution is 9.10. The van der Waals surface area contributed by atoms with E-state index in [9.17, 15) is 18.8 Å². The number of amides is 1. The minimum atomic E-state index is -0.794. The van der Waals surface area contributed by atoms with Gasteiger partial charge in [0.1, 0.15) is 5.82 Å². The molecule has 0 radical (unpaired) electrons. The molecule has 0 saturated carbocycles. The van der Waals surface area contributed by atoms with Gasteiger partial charge in [0.25, 0.3) is 5.91 Å². The molecule has 1 amide bonds. The van der Waals surface area contributed by atoms with Crippen LogP contribution in [0.2, 0.25) is 0 Å². The fraction of sp³-hybridized carbons (Fsp3) is 0.190. The summed E-state index contributed by atoms with van der Waals surface area (Å²) in [7, 11) is 0. The Morgan fingerprint density at radius 3 is 2.57 bits per heavy atom. The highest BCUT2D eigenvalue weighted by Crippen LogP contribution is 2.16. The number of hydrogen-bond donors (Lipinski definition) is 1. The van der Waals surface area contributed by atoms with Crippen LogP contribution in [0.3, 0.4) is 0 Å². The number of Topliss-reactive ketones (excluding diaryl/α,β-unsaturated/α-hetero) is 1. The van der Waals surface area contributed by atoms with Crippen LogP contribution in [0.1, 0.15) is 18.1 Å². The third-order valence-corrected chi connectivity index (χ3v) is 4.30. The quantitative estimate of drug-likeness (QED) is 0.496. The summed E-state index contributed by atoms with van der Waals surface area (Å²) in [6.07, 6.45) is 2.64. The normalized spacial score (nSPS) is 11.8. The van der Waals surface area contributed by atoms with Crippen molar-refractivity contribution in [1.82, 2.24) is 5.32 Å². The number of ether oxygens (including phenoxy) is 1. The topological polar surface area (TPSA) is 72.5 Å². The van der Waals surface area contributed by atoms with Crippen LogP contribution in [0.5, 0.6) is 0 Å². The third kappa shape index (κ3) is 7.08. The fourth-order valence-electron chi connectivity index (χ4n) is 2.37. The van der Waals surface area contributed by atoms with Gasteiger partial charge in [0.15, 0.2) is 12.4 Å². The van der Waals surface area contributed by atoms with Crippen molar-refractivity contribution in [2.75, 3.05) is 6.61 Å². The molecule has 0 saturated heterocycles. The van der Waals surface area contributed by atoms with Crippen molar-refractivity contribution < 1.29 is 23.5 Å². The Bertz CT molecular complexity index is 883. The molecule has 2 aromatic carbocycles. The first-order chi connectivity index (χ1) is 13.3. The molecule has 0 aliphatic carbocycles. The first kappa shape index (κ1) is 21.5. The Balaban J connectivity index is 1.86. The molecule has 28 heavy (non-hydrogen) atoms. The van der Waals surface area contributed by atoms with Gasteiger partial charge in [-0.25, -0.2) is 9.18 Å². The van der Waals surface area contributed by atoms with Crippen molar-refractivity contribution in [3.63, 3.8) is 0 Å². The lowest BCUT2D eigenvalue weighted by atomic mass is 10.0. The van der Waals surface area contributed by atoms with Crippen LogP contribution >= 0.6 is 15.9 Å². The van der Waals surface area contributed by atoms with Crippen LogP contribution in [0, 0.1) is 5.82 Å². The fourth-order valence-corrected chi connectivity index (χ4v) is 2.75. The highest BCUT2D eigenvalue weighted by atomic mass is 79.9. The van der Waals surface area contributed by atoms with E-state index in [-0.39, 0.29) is 11.3 Å². The zero-order chi connectivity index (χ0) is 20.5. The number of ketones is 1. The Kier molecular flexibility index (Phi) is 8.07. The SMILES string of the molecule is CC(=O)C(Cc1ccccc1)NC(=O)COC(=O)/C=C/c1cc(Br)ccc1F. The maximum atomic E-state index is 13.6. The number of hydrogen-bond acceptors (Lipinski definition) is 4. The molecule has 0 bridgehead atoms. The van der Waals surface area contributed by atoms with E-state index in [4.69, 9.17) is 4.74 Å². The predicted octanol–water partition coefficient (Wildman–Crippen LogP) is 3.46. The van der Waals surface area contributed by atoms with Gasteiger partial charge in [-0.2, -0.15) is 0 Å². The van der Waals surface area contributed by atoms with Gasteiger partial charge in [0.2, 0.25) is 0 Å². The van der Waals surface area contributed by atoms with Gasteiger partial charge < -0.3 is 10.1 Å². The van der Waals surface area contributed by atoms with Crippen LogP contribution in [-0.4, -0.2) is 30.3 Å². The summed E-state index contributed by atoms with van der Waals surface area (Å²) < 4.78 is 19.1. The number of halogens is 2. The van der Waals surface area contributed by atoms with Gasteiger partial charge >= 0.3 is 5.97 Å². The summed E-state index contributed by atoms with van der Waals surface area (Å²) in [6, 6.07) is 12.9. The number of benzene rings is 2. The molecule has 146 valence electrons. The Morgan fingerprint density at radius 2 is 1.89 bits per heavy atom. The average molecular weight is 448 g/mol. The van der Waals surface area contributed by atoms with Crippen LogP contribution < -0.4 is 5.32 Å². The summed E-state index contributed by atoms with van der Waals surface area (Å²) in [5.41, 5.74) is 1.11. The molecular weight excluding hydrogens is 429 g/mol. The minimum Gasteiger partial charge on any atom is -0.452 e. The highest BCUT2D eigenvalue weighted by Gasteiger charge is 2.18. The predicted molar refractivity (Wildman–Crippen MR) is 107 cm³/mol. The molecule has 0 aliphatic heterocycles. The van der Waals surface area contributed by atoms with Crippen molar-refractivity contribution in [2.24, 2.45) is 0 Å². The van der Waals surface area contributed by atoms with Gasteiger partial charge in [0, 0.05) is 16.1 Å². The summed E-state index contributed by atoms with van der Waals surface area (Å²) in [6.45, 7) is 0.845. The van der Waals surface area contributed by atoms with Crippen LogP contribution in [0.15, 0.2) is 59.1 Å². The van der Waals surface area contributed by atoms with Crippen LogP contribution in [-0.2, 0) is 25.5 Å². The number of carbonyl (C=O) groups excluding carboxylic acids is 3. The Labute approximate surface area is 170 Å². The second-order valence-corrected chi connectivity index (χ2v) is 6.94. The van der Waals surface area contributed by atoms with Crippen molar-refractivity contribution in [1.29, 1.82) is 0 Å². The number of nitrogens with one attached hydrogen (secondary N) is 1. The molecule has 0 aliphatic rings. The summed E-state index contributed by atoms with van der Waals surface area (Å²) >= 11 is 3.21. The largest absolute Gasteiger partial charge is 0.452 e. The number of carbonyl (C=O) groups is 3. The minimum absolute atomic E-state index is 0.200. The van der Waals surface area contributed by atoms with Crippen molar-refractivity contribution >= 4 is 39.7 Å². The molecule has 2 aromatic rings. The van der Waals surface area contributed by atoms with E-state index >= 15 is 0 Å². The molecule has 7 heteroatoms. The monoisotopic (exact) mass is 447 g/mol. The zero-order valence-corrected chi connectivity index (χ0v) is 16.7. The molecule has 5 nitrogen and oxygen atoms in total. The smallest absolute Gasteiger partial charge is 0.331 e. The average Bonchev–Trinajstić information content (AvgIpc) is 2.67. The van der Waals surface area contributed by atoms with Gasteiger partial charge in [-0.15, -0.1) is 0 Å². The van der Waals surface area contributed by atoms with E-state index in [1.165, 1.54) is 31.2 Å². The van der Waals surface area contributed by atoms with Crippen LogP contribution in [0.4, 0.5) is 4.39 Å². The number of esters is 1. The van der Waals surface area contributed by atoms with E-state index in [0.717, 1.165) is 11.6 Å². The molecule has 1 unspecified atom stereocenters. The van der Waals surface area contributed by atoms with E-state index in [0.29, 0.717) is 10.9 Å². The molecule has 0 fully saturated rings. The molecule has 0 spiro atoms. The molecule has 2 rings (SSSR count). The van der Waals surface area contributed by atoms with Crippen molar-refractivity contribution in [2.45, 2.75) is 19.4 Å². The molecule has 1 atom stereocenters. The van der Waals surface area contributed by atoms with Crippen molar-refractivity contribution in [3.8, 4) is 0 Å². The Hall–Kier alpha value is -2.80. The lowest BCUT2D eigenvalue weighted by Gasteiger charge is -2.16. The molecule has 0 aromatic heterocycles. The third-order valence-electron chi connectivity index (χ3n) is 3.81. The molecule has 1 N–H and O–H groups in total. The second-order valence-electron chi connectivity index (χ2n) is 6.03. The first-order valence-electron chi connectivity index (χ1n) is 8.49. The maximum absolute atomic E-state index is 13.6. The van der Waals surface area contributed by atoms with Gasteiger partial charge in [-0.05, 0) is 43.2 Å². The van der Waals surface area contributed by atoms with Crippen LogP contribution in [0.25, 0.3) is 6.08 Å². The first-order valence-corrected chi connectivity index (χ1v) is 9.28. The van der Waals surface area contributed by atoms with Gasteiger partial charge in [-0.1, -0.05) is 46.3 Å². The summed E-state index contributed by atoms with van der Waals surface area (Å²) in [5, 5.41) is 2.55. The summed E-state index contributed by atoms with van der Waals surface area (Å²) in [5.74, 6) is -2.08. The van der Waals surface area contributed by atoms with Gasteiger partial charge in [0.05, 0.1) is 6.04 Å². The zero-order valence-electron chi connectivity index (χ0n) is 15.2. The Morgan fingerprint density at radius 1 is 1.18 bits per heavy atom. The number of rotatable bonds is 8. The lowest BCUT2D eigenvalue weighted by molar-refractivity contribution is -0.144. The molecular formula is C21H19BrFNO4. The van der Waals surface area contributed by atoms with Gasteiger partial charge in [-0.3, -0.25) is 9.59 Å². The van der Waals surface area contributed by atoms with E-state index < -0.39 is 30.3 Å².